The number of hydrogen-bond acceptors (Lipinski definition) is 3. The van der Waals surface area contributed by atoms with Crippen LogP contribution in [-0.4, -0.2) is 19.6 Å². The Balaban J connectivity index is 1.56. The van der Waals surface area contributed by atoms with E-state index in [0.717, 1.165) is 39.4 Å². The molecule has 9 aromatic rings. The van der Waals surface area contributed by atoms with Crippen LogP contribution in [0.5, 0.6) is 5.75 Å². The van der Waals surface area contributed by atoms with Gasteiger partial charge in [0.1, 0.15) is 11.6 Å². The van der Waals surface area contributed by atoms with Gasteiger partial charge in [0.05, 0.1) is 28.0 Å². The fourth-order valence-corrected chi connectivity index (χ4v) is 9.54. The summed E-state index contributed by atoms with van der Waals surface area (Å²) in [6, 6.07) is 47.1. The number of phenolic OH excluding ortho intramolecular Hbond substituents is 1. The molecule has 4 heteroatoms. The van der Waals surface area contributed by atoms with Gasteiger partial charge in [-0.05, 0) is 126 Å². The smallest absolute Gasteiger partial charge is 0.149 e. The van der Waals surface area contributed by atoms with Crippen LogP contribution in [0, 0.1) is 0 Å². The van der Waals surface area contributed by atoms with Crippen LogP contribution in [0.2, 0.25) is 0 Å². The average Bonchev–Trinajstić information content (AvgIpc) is 0.832. The van der Waals surface area contributed by atoms with Gasteiger partial charge in [-0.2, -0.15) is 0 Å². The second kappa shape index (κ2) is 18.2. The predicted octanol–water partition coefficient (Wildman–Crippen LogP) is 18.6. The molecule has 1 N–H and O–H groups in total. The predicted molar refractivity (Wildman–Crippen MR) is 307 cm³/mol. The number of pyridine rings is 1. The summed E-state index contributed by atoms with van der Waals surface area (Å²) in [4.78, 5) is 10.3. The normalized spacial score (nSPS) is 17.5. The molecule has 2 heterocycles. The topological polar surface area (TPSA) is 50.9 Å². The number of benzene rings is 7. The monoisotopic (exact) mass is 966 g/mol. The van der Waals surface area contributed by atoms with Gasteiger partial charge in [-0.25, -0.2) is 4.98 Å². The summed E-state index contributed by atoms with van der Waals surface area (Å²) in [6.07, 6.45) is 1.76. The van der Waals surface area contributed by atoms with E-state index in [1.54, 1.807) is 22.9 Å². The Labute approximate surface area is 455 Å². The fraction of sp³-hybridized carbons (Fsp3) is 0.294. The highest BCUT2D eigenvalue weighted by molar-refractivity contribution is 6.00. The molecule has 0 spiro atoms. The van der Waals surface area contributed by atoms with Crippen molar-refractivity contribution in [3.63, 3.8) is 0 Å². The number of phenols is 1. The molecule has 2 aromatic heterocycles. The van der Waals surface area contributed by atoms with Gasteiger partial charge in [0.15, 0.2) is 0 Å². The second-order valence-electron chi connectivity index (χ2n) is 22.0. The number of hydrogen-bond donors (Lipinski definition) is 1. The quantitative estimate of drug-likeness (QED) is 0.173. The Morgan fingerprint density at radius 3 is 1.56 bits per heavy atom. The first-order valence-corrected chi connectivity index (χ1v) is 24.2. The van der Waals surface area contributed by atoms with E-state index >= 15 is 0 Å². The minimum Gasteiger partial charge on any atom is -0.507 e. The molecule has 0 amide bonds. The van der Waals surface area contributed by atoms with E-state index in [4.69, 9.17) is 34.6 Å². The highest BCUT2D eigenvalue weighted by Gasteiger charge is 2.31. The number of para-hydroxylation sites is 1. The maximum atomic E-state index is 13.4. The molecule has 0 atom stereocenters. The lowest BCUT2D eigenvalue weighted by atomic mass is 9.78. The highest BCUT2D eigenvalue weighted by Crippen LogP contribution is 2.48. The first-order chi connectivity index (χ1) is 41.3. The summed E-state index contributed by atoms with van der Waals surface area (Å²) < 4.78 is 162. The van der Waals surface area contributed by atoms with Crippen molar-refractivity contribution >= 4 is 11.0 Å². The Hall–Kier alpha value is -7.04. The van der Waals surface area contributed by atoms with Crippen LogP contribution in [-0.2, 0) is 27.1 Å². The molecule has 72 heavy (non-hydrogen) atoms. The van der Waals surface area contributed by atoms with E-state index in [0.29, 0.717) is 50.8 Å². The summed E-state index contributed by atoms with van der Waals surface area (Å²) in [5.74, 6) is -1.78. The molecular weight excluding hydrogens is 875 g/mol. The van der Waals surface area contributed by atoms with Crippen LogP contribution in [0.25, 0.3) is 83.9 Å². The number of aromatic nitrogens is 3. The molecule has 0 aliphatic rings. The van der Waals surface area contributed by atoms with Crippen molar-refractivity contribution in [2.24, 2.45) is 0 Å². The number of imidazole rings is 1. The van der Waals surface area contributed by atoms with E-state index in [1.165, 1.54) is 0 Å². The third-order valence-electron chi connectivity index (χ3n) is 13.5. The van der Waals surface area contributed by atoms with Gasteiger partial charge >= 0.3 is 0 Å². The van der Waals surface area contributed by atoms with Crippen molar-refractivity contribution in [2.75, 3.05) is 0 Å². The molecule has 0 saturated carbocycles. The number of aromatic hydroxyl groups is 1. The maximum Gasteiger partial charge on any atom is 0.149 e. The van der Waals surface area contributed by atoms with Gasteiger partial charge in [0.25, 0.3) is 0 Å². The molecule has 0 fully saturated rings. The van der Waals surface area contributed by atoms with Crippen molar-refractivity contribution in [2.45, 2.75) is 130 Å². The van der Waals surface area contributed by atoms with Crippen LogP contribution < -0.4 is 0 Å². The lowest BCUT2D eigenvalue weighted by molar-refractivity contribution is 0.446. The van der Waals surface area contributed by atoms with Crippen molar-refractivity contribution in [1.82, 2.24) is 14.5 Å². The van der Waals surface area contributed by atoms with E-state index in [2.05, 4.69) is 59.7 Å². The first kappa shape index (κ1) is 32.1. The largest absolute Gasteiger partial charge is 0.507 e. The first-order valence-electron chi connectivity index (χ1n) is 33.2. The van der Waals surface area contributed by atoms with E-state index < -0.39 is 91.0 Å². The lowest BCUT2D eigenvalue weighted by Crippen LogP contribution is -2.17. The van der Waals surface area contributed by atoms with Gasteiger partial charge in [-0.15, -0.1) is 0 Å². The Morgan fingerprint density at radius 1 is 0.417 bits per heavy atom. The number of nitrogens with zero attached hydrogens (tertiary/aromatic N) is 3. The molecule has 9 rings (SSSR count). The van der Waals surface area contributed by atoms with Crippen molar-refractivity contribution in [3.05, 3.63) is 192 Å². The molecule has 4 nitrogen and oxygen atoms in total. The average molecular weight is 966 g/mol. The molecule has 0 aliphatic heterocycles. The number of rotatable bonds is 7. The zero-order valence-corrected chi connectivity index (χ0v) is 42.4. The Morgan fingerprint density at radius 2 is 0.958 bits per heavy atom. The summed E-state index contributed by atoms with van der Waals surface area (Å²) in [5.41, 5.74) is -2.48. The minimum absolute atomic E-state index is 0.178. The van der Waals surface area contributed by atoms with Crippen molar-refractivity contribution in [3.8, 4) is 78.6 Å². The Kier molecular flexibility index (Phi) is 8.13. The molecule has 0 radical (unpaired) electrons. The molecule has 7 aromatic carbocycles. The van der Waals surface area contributed by atoms with Gasteiger partial charge in [-0.3, -0.25) is 9.55 Å². The van der Waals surface area contributed by atoms with Crippen molar-refractivity contribution < 1.29 is 29.8 Å². The maximum absolute atomic E-state index is 13.4. The zero-order valence-electron chi connectivity index (χ0n) is 60.4. The summed E-state index contributed by atoms with van der Waals surface area (Å²) >= 11 is 0. The number of fused-ring (bicyclic) bond motifs is 1. The van der Waals surface area contributed by atoms with Crippen LogP contribution in [0.15, 0.2) is 164 Å². The van der Waals surface area contributed by atoms with Crippen LogP contribution >= 0.6 is 0 Å². The molecule has 0 unspecified atom stereocenters. The van der Waals surface area contributed by atoms with Crippen LogP contribution in [0.1, 0.15) is 156 Å². The summed E-state index contributed by atoms with van der Waals surface area (Å²) in [6.45, 7) is -5.93. The van der Waals surface area contributed by atoms with Crippen molar-refractivity contribution in [1.29, 1.82) is 0 Å². The zero-order chi connectivity index (χ0) is 66.7. The van der Waals surface area contributed by atoms with E-state index in [1.807, 2.05) is 136 Å². The highest BCUT2D eigenvalue weighted by atomic mass is 16.3. The Bertz CT molecular complexity index is 4030. The molecule has 366 valence electrons. The van der Waals surface area contributed by atoms with E-state index in [9.17, 15) is 5.11 Å². The van der Waals surface area contributed by atoms with E-state index in [-0.39, 0.29) is 16.4 Å². The van der Waals surface area contributed by atoms with Gasteiger partial charge in [0.2, 0.25) is 0 Å². The van der Waals surface area contributed by atoms with Gasteiger partial charge in [0, 0.05) is 58.7 Å². The fourth-order valence-electron chi connectivity index (χ4n) is 9.54. The molecule has 0 saturated heterocycles. The SMILES string of the molecule is [2H]C([2H])([2H])C(c1cc(-c2nc3c(-c4cc(-c5cc(-c6ccccc6C(C)(C)C)ccn5)cc(C(C)(C)C)c4)cccc3n2-c2c(-c3ccccc3)cc(C(C)(C)C)cc2-c2ccccc2)c(O)c(C(C([2H])([2H])[2H])(C([2H])([2H])[2H])C([2H])([2H])[2H])c1)(C([2H])([2H])[2H])C([2H])([2H])[2H]. The summed E-state index contributed by atoms with van der Waals surface area (Å²) in [7, 11) is 0. The van der Waals surface area contributed by atoms with Gasteiger partial charge in [-0.1, -0.05) is 213 Å². The third kappa shape index (κ3) is 9.69. The second-order valence-corrected chi connectivity index (χ2v) is 22.0. The summed E-state index contributed by atoms with van der Waals surface area (Å²) in [5, 5.41) is 13.4. The molecule has 0 aliphatic carbocycles. The molecular formula is C68H73N3O. The molecule has 0 bridgehead atoms. The third-order valence-corrected chi connectivity index (χ3v) is 13.5. The lowest BCUT2D eigenvalue weighted by Gasteiger charge is -2.28. The van der Waals surface area contributed by atoms with Crippen LogP contribution in [0.4, 0.5) is 0 Å². The minimum atomic E-state index is -4.17. The standard InChI is InChI=1S/C68H73N3O/c1-64(2,3)48-36-46(35-47(37-48)58-38-45(33-34-69-58)51-29-22-23-31-56(51)67(10,11)12)52-30-24-32-59-60(52)70-63(55-41-50(66(7,8)9)42-57(62(55)72)68(13,14)15)71(59)61-53(43-25-18-16-19-26-43)39-49(65(4,5)6)40-54(61)44-27-20-17-21-28-44/h16-42,72H,1-15H3/i7D3,8D3,9D3,13D3,14D3,15D3. The van der Waals surface area contributed by atoms with Crippen LogP contribution in [0.3, 0.4) is 0 Å². The van der Waals surface area contributed by atoms with Gasteiger partial charge < -0.3 is 5.11 Å².